The smallest absolute Gasteiger partial charge is 0.269 e. The second-order valence-corrected chi connectivity index (χ2v) is 6.70. The molecule has 7 nitrogen and oxygen atoms in total. The van der Waals surface area contributed by atoms with Crippen LogP contribution in [0.15, 0.2) is 30.7 Å². The number of carbonyl (C=O) groups excluding carboxylic acids is 2. The van der Waals surface area contributed by atoms with E-state index in [9.17, 15) is 9.59 Å². The van der Waals surface area contributed by atoms with E-state index in [4.69, 9.17) is 4.74 Å². The molecule has 2 aromatic rings. The van der Waals surface area contributed by atoms with Crippen LogP contribution in [0.25, 0.3) is 0 Å². The maximum atomic E-state index is 12.3. The summed E-state index contributed by atoms with van der Waals surface area (Å²) in [6.45, 7) is 2.54. The highest BCUT2D eigenvalue weighted by molar-refractivity contribution is 5.96. The third-order valence-electron chi connectivity index (χ3n) is 4.84. The van der Waals surface area contributed by atoms with E-state index in [0.29, 0.717) is 29.5 Å². The van der Waals surface area contributed by atoms with Crippen LogP contribution in [0.3, 0.4) is 0 Å². The normalized spacial score (nSPS) is 18.7. The number of nitrogens with one attached hydrogen (secondary N) is 3. The minimum atomic E-state index is -0.118. The number of hydrogen-bond acceptors (Lipinski definition) is 4. The van der Waals surface area contributed by atoms with Crippen LogP contribution in [0.1, 0.15) is 45.7 Å². The molecule has 0 radical (unpaired) electrons. The van der Waals surface area contributed by atoms with Crippen molar-refractivity contribution in [2.24, 2.45) is 5.92 Å². The Balaban J connectivity index is 1.37. The van der Waals surface area contributed by atoms with E-state index in [2.05, 4.69) is 20.6 Å². The van der Waals surface area contributed by atoms with Crippen molar-refractivity contribution in [2.75, 3.05) is 13.7 Å². The van der Waals surface area contributed by atoms with E-state index in [1.807, 2.05) is 19.1 Å². The summed E-state index contributed by atoms with van der Waals surface area (Å²) in [5.41, 5.74) is 2.05. The Morgan fingerprint density at radius 3 is 2.81 bits per heavy atom. The lowest BCUT2D eigenvalue weighted by Gasteiger charge is -2.35. The molecule has 3 N–H and O–H groups in total. The Hall–Kier alpha value is -2.83. The Kier molecular flexibility index (Phi) is 5.55. The molecule has 0 saturated heterocycles. The fourth-order valence-corrected chi connectivity index (χ4v) is 3.19. The Morgan fingerprint density at radius 2 is 2.12 bits per heavy atom. The first-order chi connectivity index (χ1) is 12.6. The van der Waals surface area contributed by atoms with Crippen LogP contribution in [-0.4, -0.2) is 41.5 Å². The molecule has 1 saturated carbocycles. The van der Waals surface area contributed by atoms with Gasteiger partial charge in [0, 0.05) is 18.2 Å². The predicted molar refractivity (Wildman–Crippen MR) is 97.2 cm³/mol. The second kappa shape index (κ2) is 8.03. The van der Waals surface area contributed by atoms with Gasteiger partial charge in [-0.05, 0) is 49.8 Å². The second-order valence-electron chi connectivity index (χ2n) is 6.70. The van der Waals surface area contributed by atoms with Crippen LogP contribution >= 0.6 is 0 Å². The van der Waals surface area contributed by atoms with Crippen molar-refractivity contribution in [1.29, 1.82) is 0 Å². The maximum Gasteiger partial charge on any atom is 0.269 e. The van der Waals surface area contributed by atoms with Gasteiger partial charge in [0.1, 0.15) is 11.4 Å². The number of carbonyl (C=O) groups is 2. The zero-order valence-corrected chi connectivity index (χ0v) is 15.0. The van der Waals surface area contributed by atoms with Crippen LogP contribution in [0.5, 0.6) is 5.75 Å². The molecule has 3 rings (SSSR count). The number of rotatable bonds is 7. The van der Waals surface area contributed by atoms with Crippen molar-refractivity contribution in [3.05, 3.63) is 47.5 Å². The summed E-state index contributed by atoms with van der Waals surface area (Å²) < 4.78 is 5.18. The largest absolute Gasteiger partial charge is 0.497 e. The third-order valence-corrected chi connectivity index (χ3v) is 4.84. The summed E-state index contributed by atoms with van der Waals surface area (Å²) in [7, 11) is 1.59. The van der Waals surface area contributed by atoms with Gasteiger partial charge in [-0.3, -0.25) is 9.59 Å². The Labute approximate surface area is 152 Å². The first-order valence-electron chi connectivity index (χ1n) is 8.79. The first kappa shape index (κ1) is 18.0. The van der Waals surface area contributed by atoms with Crippen molar-refractivity contribution >= 4 is 11.8 Å². The van der Waals surface area contributed by atoms with Crippen LogP contribution in [-0.2, 0) is 0 Å². The summed E-state index contributed by atoms with van der Waals surface area (Å²) in [6.07, 6.45) is 5.79. The number of benzene rings is 1. The van der Waals surface area contributed by atoms with Crippen LogP contribution in [0.2, 0.25) is 0 Å². The molecule has 1 aliphatic carbocycles. The molecule has 0 unspecified atom stereocenters. The molecule has 26 heavy (non-hydrogen) atoms. The molecule has 1 aliphatic rings. The molecule has 0 atom stereocenters. The predicted octanol–water partition coefficient (Wildman–Crippen LogP) is 2.06. The highest BCUT2D eigenvalue weighted by atomic mass is 16.5. The van der Waals surface area contributed by atoms with Gasteiger partial charge in [0.15, 0.2) is 0 Å². The average molecular weight is 356 g/mol. The van der Waals surface area contributed by atoms with Crippen LogP contribution in [0.4, 0.5) is 0 Å². The zero-order valence-electron chi connectivity index (χ0n) is 15.0. The van der Waals surface area contributed by atoms with Gasteiger partial charge in [-0.1, -0.05) is 6.07 Å². The summed E-state index contributed by atoms with van der Waals surface area (Å²) in [4.78, 5) is 30.9. The van der Waals surface area contributed by atoms with Crippen molar-refractivity contribution < 1.29 is 14.3 Å². The van der Waals surface area contributed by atoms with Gasteiger partial charge in [-0.2, -0.15) is 0 Å². The zero-order chi connectivity index (χ0) is 18.5. The number of H-pyrrole nitrogens is 1. The maximum absolute atomic E-state index is 12.3. The number of amides is 2. The summed E-state index contributed by atoms with van der Waals surface area (Å²) >= 11 is 0. The standard InChI is InChI=1S/C19H24N4O3/c1-12-3-4-15(26-2)9-16(12)18(24)21-6-5-13-7-14(8-13)23-19(25)17-10-20-11-22-17/h3-4,9-11,13-14H,5-8H2,1-2H3,(H,20,22)(H,21,24)(H,23,25). The highest BCUT2D eigenvalue weighted by Gasteiger charge is 2.30. The molecule has 1 aromatic heterocycles. The van der Waals surface area contributed by atoms with E-state index < -0.39 is 0 Å². The molecule has 0 spiro atoms. The minimum absolute atomic E-state index is 0.0789. The number of aryl methyl sites for hydroxylation is 1. The van der Waals surface area contributed by atoms with E-state index in [1.54, 1.807) is 13.2 Å². The highest BCUT2D eigenvalue weighted by Crippen LogP contribution is 2.30. The average Bonchev–Trinajstić information content (AvgIpc) is 3.14. The number of aromatic amines is 1. The van der Waals surface area contributed by atoms with Crippen molar-refractivity contribution in [1.82, 2.24) is 20.6 Å². The Bertz CT molecular complexity index is 767. The monoisotopic (exact) mass is 356 g/mol. The molecular weight excluding hydrogens is 332 g/mol. The Morgan fingerprint density at radius 1 is 1.31 bits per heavy atom. The molecule has 0 aliphatic heterocycles. The van der Waals surface area contributed by atoms with Crippen molar-refractivity contribution in [2.45, 2.75) is 32.2 Å². The van der Waals surface area contributed by atoms with Crippen molar-refractivity contribution in [3.63, 3.8) is 0 Å². The lowest BCUT2D eigenvalue weighted by atomic mass is 9.78. The SMILES string of the molecule is COc1ccc(C)c(C(=O)NCCC2CC(NC(=O)c3cnc[nH]3)C2)c1. The molecule has 1 aromatic carbocycles. The fraction of sp³-hybridized carbons (Fsp3) is 0.421. The first-order valence-corrected chi connectivity index (χ1v) is 8.79. The summed E-state index contributed by atoms with van der Waals surface area (Å²) in [6, 6.07) is 5.69. The van der Waals surface area contributed by atoms with E-state index in [1.165, 1.54) is 12.5 Å². The van der Waals surface area contributed by atoms with Gasteiger partial charge < -0.3 is 20.4 Å². The molecule has 1 heterocycles. The lowest BCUT2D eigenvalue weighted by Crippen LogP contribution is -2.45. The molecule has 0 bridgehead atoms. The number of aromatic nitrogens is 2. The summed E-state index contributed by atoms with van der Waals surface area (Å²) in [5, 5.41) is 5.96. The third kappa shape index (κ3) is 4.22. The topological polar surface area (TPSA) is 96.1 Å². The number of ether oxygens (including phenoxy) is 1. The van der Waals surface area contributed by atoms with Gasteiger partial charge in [0.25, 0.3) is 11.8 Å². The lowest BCUT2D eigenvalue weighted by molar-refractivity contribution is 0.0880. The van der Waals surface area contributed by atoms with Gasteiger partial charge in [-0.15, -0.1) is 0 Å². The van der Waals surface area contributed by atoms with Gasteiger partial charge in [0.2, 0.25) is 0 Å². The molecular formula is C19H24N4O3. The molecule has 138 valence electrons. The minimum Gasteiger partial charge on any atom is -0.497 e. The number of hydrogen-bond donors (Lipinski definition) is 3. The van der Waals surface area contributed by atoms with E-state index >= 15 is 0 Å². The van der Waals surface area contributed by atoms with E-state index in [0.717, 1.165) is 24.8 Å². The van der Waals surface area contributed by atoms with Crippen LogP contribution < -0.4 is 15.4 Å². The van der Waals surface area contributed by atoms with Gasteiger partial charge in [-0.25, -0.2) is 4.98 Å². The molecule has 2 amide bonds. The van der Waals surface area contributed by atoms with Crippen molar-refractivity contribution in [3.8, 4) is 5.75 Å². The quantitative estimate of drug-likeness (QED) is 0.707. The number of nitrogens with zero attached hydrogens (tertiary/aromatic N) is 1. The van der Waals surface area contributed by atoms with Gasteiger partial charge in [0.05, 0.1) is 19.6 Å². The fourth-order valence-electron chi connectivity index (χ4n) is 3.19. The van der Waals surface area contributed by atoms with E-state index in [-0.39, 0.29) is 17.9 Å². The number of methoxy groups -OCH3 is 1. The van der Waals surface area contributed by atoms with Crippen LogP contribution in [0, 0.1) is 12.8 Å². The van der Waals surface area contributed by atoms with Gasteiger partial charge >= 0.3 is 0 Å². The molecule has 7 heteroatoms. The summed E-state index contributed by atoms with van der Waals surface area (Å²) in [5.74, 6) is 1.00. The number of imidazole rings is 1. The molecule has 1 fully saturated rings.